The molecule has 19 heavy (non-hydrogen) atoms. The summed E-state index contributed by atoms with van der Waals surface area (Å²) in [4.78, 5) is 0. The van der Waals surface area contributed by atoms with Crippen LogP contribution in [0, 0.1) is 0 Å². The third kappa shape index (κ3) is 5.52. The average Bonchev–Trinajstić information content (AvgIpc) is 2.29. The van der Waals surface area contributed by atoms with E-state index in [9.17, 15) is 13.5 Å². The fourth-order valence-electron chi connectivity index (χ4n) is 1.22. The van der Waals surface area contributed by atoms with E-state index in [0.29, 0.717) is 14.4 Å². The van der Waals surface area contributed by atoms with E-state index in [4.69, 9.17) is 32.5 Å². The van der Waals surface area contributed by atoms with Crippen molar-refractivity contribution in [3.63, 3.8) is 0 Å². The van der Waals surface area contributed by atoms with Crippen LogP contribution in [-0.2, 0) is 10.3 Å². The lowest BCUT2D eigenvalue weighted by Crippen LogP contribution is -2.36. The Labute approximate surface area is 121 Å². The molecule has 0 fully saturated rings. The van der Waals surface area contributed by atoms with Gasteiger partial charge in [0.15, 0.2) is 0 Å². The number of likely N-dealkylation sites (N-methyl/N-ethyl adjacent to an activating group) is 1. The summed E-state index contributed by atoms with van der Waals surface area (Å²) in [6, 6.07) is 4.60. The molecule has 0 spiro atoms. The molecule has 9 heteroatoms. The molecule has 1 atom stereocenters. The molecule has 1 rings (SSSR count). The molecule has 0 aliphatic carbocycles. The predicted octanol–water partition coefficient (Wildman–Crippen LogP) is 1.47. The van der Waals surface area contributed by atoms with E-state index in [2.05, 4.69) is 0 Å². The van der Waals surface area contributed by atoms with Crippen molar-refractivity contribution >= 4 is 33.5 Å². The minimum Gasteiger partial charge on any atom is -0.489 e. The maximum absolute atomic E-state index is 10.7. The number of rotatable bonds is 6. The molecule has 1 aromatic rings. The average molecular weight is 330 g/mol. The largest absolute Gasteiger partial charge is 0.489 e. The second-order valence-corrected chi connectivity index (χ2v) is 6.16. The molecule has 0 unspecified atom stereocenters. The van der Waals surface area contributed by atoms with Crippen molar-refractivity contribution in [3.8, 4) is 5.75 Å². The molecule has 0 aliphatic rings. The third-order valence-electron chi connectivity index (χ3n) is 2.19. The van der Waals surface area contributed by atoms with Gasteiger partial charge in [0.05, 0.1) is 5.02 Å². The van der Waals surface area contributed by atoms with Crippen molar-refractivity contribution in [2.45, 2.75) is 6.10 Å². The molecule has 0 bridgehead atoms. The van der Waals surface area contributed by atoms with Gasteiger partial charge in [-0.05, 0) is 12.1 Å². The van der Waals surface area contributed by atoms with Crippen LogP contribution in [0.4, 0.5) is 0 Å². The molecule has 0 radical (unpaired) electrons. The Morgan fingerprint density at radius 2 is 2.05 bits per heavy atom. The van der Waals surface area contributed by atoms with Gasteiger partial charge in [-0.15, -0.1) is 0 Å². The second kappa shape index (κ2) is 6.74. The van der Waals surface area contributed by atoms with Gasteiger partial charge in [0.25, 0.3) is 0 Å². The first-order valence-electron chi connectivity index (χ1n) is 5.15. The molecule has 1 aromatic carbocycles. The lowest BCUT2D eigenvalue weighted by atomic mass is 10.3. The van der Waals surface area contributed by atoms with Crippen molar-refractivity contribution < 1.29 is 22.8 Å². The smallest absolute Gasteiger partial charge is 0.335 e. The first-order valence-corrected chi connectivity index (χ1v) is 7.30. The minimum absolute atomic E-state index is 0.195. The van der Waals surface area contributed by atoms with E-state index in [-0.39, 0.29) is 18.9 Å². The van der Waals surface area contributed by atoms with Gasteiger partial charge in [0.2, 0.25) is 0 Å². The Hall–Kier alpha value is -0.570. The molecule has 108 valence electrons. The minimum atomic E-state index is -4.33. The zero-order valence-electron chi connectivity index (χ0n) is 9.95. The van der Waals surface area contributed by atoms with Crippen molar-refractivity contribution in [3.05, 3.63) is 28.2 Å². The van der Waals surface area contributed by atoms with Crippen LogP contribution >= 0.6 is 23.2 Å². The summed E-state index contributed by atoms with van der Waals surface area (Å²) in [7, 11) is -3.20. The quantitative estimate of drug-likeness (QED) is 0.771. The van der Waals surface area contributed by atoms with Crippen molar-refractivity contribution in [2.75, 3.05) is 20.2 Å². The Balaban J connectivity index is 2.55. The van der Waals surface area contributed by atoms with Crippen LogP contribution in [0.15, 0.2) is 18.2 Å². The third-order valence-corrected chi connectivity index (χ3v) is 3.67. The fourth-order valence-corrected chi connectivity index (χ4v) is 1.91. The van der Waals surface area contributed by atoms with Gasteiger partial charge in [-0.1, -0.05) is 23.2 Å². The van der Waals surface area contributed by atoms with Crippen molar-refractivity contribution in [1.29, 1.82) is 0 Å². The highest BCUT2D eigenvalue weighted by molar-refractivity contribution is 7.83. The zero-order chi connectivity index (χ0) is 14.6. The van der Waals surface area contributed by atoms with E-state index in [1.165, 1.54) is 12.1 Å². The molecule has 0 heterocycles. The van der Waals surface area contributed by atoms with Crippen LogP contribution in [0.1, 0.15) is 0 Å². The molecule has 0 saturated carbocycles. The summed E-state index contributed by atoms with van der Waals surface area (Å²) in [5.74, 6) is 0.280. The number of hydrogen-bond donors (Lipinski definition) is 2. The van der Waals surface area contributed by atoms with E-state index in [0.717, 1.165) is 7.05 Å². The predicted molar refractivity (Wildman–Crippen MR) is 72.1 cm³/mol. The highest BCUT2D eigenvalue weighted by Gasteiger charge is 2.18. The van der Waals surface area contributed by atoms with E-state index in [1.807, 2.05) is 0 Å². The number of aliphatic hydroxyl groups is 1. The first-order chi connectivity index (χ1) is 8.70. The Morgan fingerprint density at radius 1 is 1.42 bits per heavy atom. The number of aliphatic hydroxyl groups excluding tert-OH is 1. The van der Waals surface area contributed by atoms with Crippen LogP contribution in [0.25, 0.3) is 0 Å². The molecule has 0 saturated heterocycles. The molecule has 0 amide bonds. The highest BCUT2D eigenvalue weighted by atomic mass is 35.5. The van der Waals surface area contributed by atoms with Gasteiger partial charge in [-0.25, -0.2) is 0 Å². The van der Waals surface area contributed by atoms with Gasteiger partial charge < -0.3 is 9.84 Å². The molecule has 2 N–H and O–H groups in total. The monoisotopic (exact) mass is 329 g/mol. The van der Waals surface area contributed by atoms with E-state index >= 15 is 0 Å². The SMILES string of the molecule is CN(C[C@@H](O)COc1cc(Cl)ccc1Cl)S(=O)(=O)O. The van der Waals surface area contributed by atoms with Crippen LogP contribution in [0.3, 0.4) is 0 Å². The van der Waals surface area contributed by atoms with Crippen LogP contribution in [-0.4, -0.2) is 48.7 Å². The van der Waals surface area contributed by atoms with Crippen LogP contribution in [0.5, 0.6) is 5.75 Å². The number of hydrogen-bond acceptors (Lipinski definition) is 4. The number of nitrogens with zero attached hydrogens (tertiary/aromatic N) is 1. The molecule has 0 aromatic heterocycles. The van der Waals surface area contributed by atoms with Gasteiger partial charge in [0, 0.05) is 24.7 Å². The summed E-state index contributed by atoms with van der Waals surface area (Å²) in [6.07, 6.45) is -1.12. The van der Waals surface area contributed by atoms with Gasteiger partial charge >= 0.3 is 10.3 Å². The standard InChI is InChI=1S/C10H13Cl2NO5S/c1-13(19(15,16)17)5-8(14)6-18-10-4-7(11)2-3-9(10)12/h2-4,8,14H,5-6H2,1H3,(H,15,16,17)/t8-/m1/s1. The Kier molecular flexibility index (Phi) is 5.84. The number of ether oxygens (including phenoxy) is 1. The topological polar surface area (TPSA) is 87.1 Å². The first kappa shape index (κ1) is 16.5. The number of benzene rings is 1. The maximum atomic E-state index is 10.7. The summed E-state index contributed by atoms with van der Waals surface area (Å²) in [5.41, 5.74) is 0. The lowest BCUT2D eigenvalue weighted by Gasteiger charge is -2.18. The normalized spacial score (nSPS) is 13.6. The molecule has 0 aliphatic heterocycles. The van der Waals surface area contributed by atoms with E-state index in [1.54, 1.807) is 6.07 Å². The maximum Gasteiger partial charge on any atom is 0.335 e. The molecular formula is C10H13Cl2NO5S. The Morgan fingerprint density at radius 3 is 2.63 bits per heavy atom. The highest BCUT2D eigenvalue weighted by Crippen LogP contribution is 2.27. The summed E-state index contributed by atoms with van der Waals surface area (Å²) in [6.45, 7) is -0.503. The summed E-state index contributed by atoms with van der Waals surface area (Å²) in [5, 5.41) is 10.3. The molecule has 6 nitrogen and oxygen atoms in total. The lowest BCUT2D eigenvalue weighted by molar-refractivity contribution is 0.0918. The van der Waals surface area contributed by atoms with Crippen LogP contribution < -0.4 is 4.74 Å². The van der Waals surface area contributed by atoms with Crippen molar-refractivity contribution in [1.82, 2.24) is 4.31 Å². The Bertz CT molecular complexity index is 537. The van der Waals surface area contributed by atoms with Gasteiger partial charge in [0.1, 0.15) is 18.5 Å². The number of halogens is 2. The molecular weight excluding hydrogens is 317 g/mol. The second-order valence-electron chi connectivity index (χ2n) is 3.80. The summed E-state index contributed by atoms with van der Waals surface area (Å²) >= 11 is 11.6. The zero-order valence-corrected chi connectivity index (χ0v) is 12.3. The van der Waals surface area contributed by atoms with Gasteiger partial charge in [-0.2, -0.15) is 12.7 Å². The van der Waals surface area contributed by atoms with Crippen LogP contribution in [0.2, 0.25) is 10.0 Å². The summed E-state index contributed by atoms with van der Waals surface area (Å²) < 4.78 is 36.0. The van der Waals surface area contributed by atoms with Gasteiger partial charge in [-0.3, -0.25) is 4.55 Å². The fraction of sp³-hybridized carbons (Fsp3) is 0.400. The van der Waals surface area contributed by atoms with E-state index < -0.39 is 16.4 Å². The van der Waals surface area contributed by atoms with Crippen molar-refractivity contribution in [2.24, 2.45) is 0 Å².